The van der Waals surface area contributed by atoms with E-state index < -0.39 is 11.8 Å². The molecule has 0 radical (unpaired) electrons. The Morgan fingerprint density at radius 3 is 2.62 bits per heavy atom. The number of carbonyl (C=O) groups excluding carboxylic acids is 1. The molecule has 0 saturated heterocycles. The van der Waals surface area contributed by atoms with E-state index in [0.29, 0.717) is 22.4 Å². The van der Waals surface area contributed by atoms with Gasteiger partial charge < -0.3 is 10.4 Å². The summed E-state index contributed by atoms with van der Waals surface area (Å²) in [5.41, 5.74) is 2.01. The van der Waals surface area contributed by atoms with Crippen LogP contribution in [0, 0.1) is 12.7 Å². The van der Waals surface area contributed by atoms with Gasteiger partial charge in [0.25, 0.3) is 5.91 Å². The van der Waals surface area contributed by atoms with Crippen LogP contribution >= 0.6 is 0 Å². The minimum absolute atomic E-state index is 0.112. The molecule has 0 heterocycles. The molecule has 4 nitrogen and oxygen atoms in total. The second kappa shape index (κ2) is 6.17. The summed E-state index contributed by atoms with van der Waals surface area (Å²) in [6, 6.07) is 10.5. The van der Waals surface area contributed by atoms with E-state index in [-0.39, 0.29) is 12.3 Å². The number of carbonyl (C=O) groups is 2. The molecular weight excluding hydrogens is 273 g/mol. The van der Waals surface area contributed by atoms with E-state index in [1.165, 1.54) is 18.2 Å². The van der Waals surface area contributed by atoms with Gasteiger partial charge in [0, 0.05) is 11.3 Å². The zero-order valence-electron chi connectivity index (χ0n) is 11.4. The van der Waals surface area contributed by atoms with E-state index in [1.807, 2.05) is 0 Å². The molecule has 0 aliphatic rings. The van der Waals surface area contributed by atoms with Crippen molar-refractivity contribution in [3.05, 3.63) is 65.0 Å². The van der Waals surface area contributed by atoms with Gasteiger partial charge in [0.05, 0.1) is 6.42 Å². The highest BCUT2D eigenvalue weighted by Crippen LogP contribution is 2.15. The predicted molar refractivity (Wildman–Crippen MR) is 76.9 cm³/mol. The number of aliphatic carboxylic acids is 1. The summed E-state index contributed by atoms with van der Waals surface area (Å²) in [5.74, 6) is -1.69. The molecule has 2 rings (SSSR count). The van der Waals surface area contributed by atoms with E-state index in [4.69, 9.17) is 5.11 Å². The molecule has 0 unspecified atom stereocenters. The summed E-state index contributed by atoms with van der Waals surface area (Å²) in [5, 5.41) is 11.4. The van der Waals surface area contributed by atoms with Crippen molar-refractivity contribution in [3.8, 4) is 0 Å². The molecule has 0 atom stereocenters. The summed E-state index contributed by atoms with van der Waals surface area (Å²) in [6.07, 6.45) is -0.112. The second-order valence-corrected chi connectivity index (χ2v) is 4.68. The molecule has 0 aromatic heterocycles. The third-order valence-corrected chi connectivity index (χ3v) is 2.97. The van der Waals surface area contributed by atoms with Gasteiger partial charge in [-0.3, -0.25) is 9.59 Å². The van der Waals surface area contributed by atoms with Gasteiger partial charge >= 0.3 is 5.97 Å². The summed E-state index contributed by atoms with van der Waals surface area (Å²) in [6.45, 7) is 1.65. The van der Waals surface area contributed by atoms with E-state index in [9.17, 15) is 14.0 Å². The van der Waals surface area contributed by atoms with E-state index in [2.05, 4.69) is 5.32 Å². The molecule has 0 aliphatic heterocycles. The third kappa shape index (κ3) is 3.89. The van der Waals surface area contributed by atoms with Crippen LogP contribution in [-0.2, 0) is 11.2 Å². The molecule has 21 heavy (non-hydrogen) atoms. The number of amides is 1. The van der Waals surface area contributed by atoms with Gasteiger partial charge in [-0.2, -0.15) is 0 Å². The standard InChI is InChI=1S/C16H14FNO3/c1-10-7-12(17)5-6-14(10)16(21)18-13-4-2-3-11(8-13)9-15(19)20/h2-8H,9H2,1H3,(H,18,21)(H,19,20). The van der Waals surface area contributed by atoms with Crippen molar-refractivity contribution in [2.45, 2.75) is 13.3 Å². The molecule has 0 saturated carbocycles. The van der Waals surface area contributed by atoms with Crippen molar-refractivity contribution in [2.24, 2.45) is 0 Å². The lowest BCUT2D eigenvalue weighted by atomic mass is 10.1. The largest absolute Gasteiger partial charge is 0.481 e. The highest BCUT2D eigenvalue weighted by atomic mass is 19.1. The van der Waals surface area contributed by atoms with Crippen LogP contribution in [0.15, 0.2) is 42.5 Å². The molecule has 2 aromatic carbocycles. The number of halogens is 1. The van der Waals surface area contributed by atoms with Gasteiger partial charge in [-0.25, -0.2) is 4.39 Å². The maximum Gasteiger partial charge on any atom is 0.307 e. The minimum atomic E-state index is -0.937. The van der Waals surface area contributed by atoms with Gasteiger partial charge in [0.15, 0.2) is 0 Å². The highest BCUT2D eigenvalue weighted by Gasteiger charge is 2.10. The normalized spacial score (nSPS) is 10.2. The fourth-order valence-electron chi connectivity index (χ4n) is 2.01. The number of anilines is 1. The maximum absolute atomic E-state index is 13.0. The van der Waals surface area contributed by atoms with Gasteiger partial charge in [-0.05, 0) is 48.4 Å². The number of benzene rings is 2. The number of hydrogen-bond donors (Lipinski definition) is 2. The van der Waals surface area contributed by atoms with Gasteiger partial charge in [0.1, 0.15) is 5.82 Å². The van der Waals surface area contributed by atoms with Crippen LogP contribution in [-0.4, -0.2) is 17.0 Å². The zero-order chi connectivity index (χ0) is 15.4. The Balaban J connectivity index is 2.17. The topological polar surface area (TPSA) is 66.4 Å². The molecule has 0 spiro atoms. The summed E-state index contributed by atoms with van der Waals surface area (Å²) in [7, 11) is 0. The first kappa shape index (κ1) is 14.7. The lowest BCUT2D eigenvalue weighted by Gasteiger charge is -2.09. The summed E-state index contributed by atoms with van der Waals surface area (Å²) >= 11 is 0. The summed E-state index contributed by atoms with van der Waals surface area (Å²) < 4.78 is 13.0. The van der Waals surface area contributed by atoms with Crippen LogP contribution < -0.4 is 5.32 Å². The fraction of sp³-hybridized carbons (Fsp3) is 0.125. The van der Waals surface area contributed by atoms with Gasteiger partial charge in [-0.15, -0.1) is 0 Å². The quantitative estimate of drug-likeness (QED) is 0.908. The number of hydrogen-bond acceptors (Lipinski definition) is 2. The molecule has 2 N–H and O–H groups in total. The molecule has 2 aromatic rings. The lowest BCUT2D eigenvalue weighted by molar-refractivity contribution is -0.136. The smallest absolute Gasteiger partial charge is 0.307 e. The number of carboxylic acids is 1. The van der Waals surface area contributed by atoms with Crippen LogP contribution in [0.5, 0.6) is 0 Å². The van der Waals surface area contributed by atoms with Crippen molar-refractivity contribution >= 4 is 17.6 Å². The molecule has 0 aliphatic carbocycles. The van der Waals surface area contributed by atoms with Crippen molar-refractivity contribution in [1.82, 2.24) is 0 Å². The van der Waals surface area contributed by atoms with E-state index in [1.54, 1.807) is 31.2 Å². The average Bonchev–Trinajstić information content (AvgIpc) is 2.37. The monoisotopic (exact) mass is 287 g/mol. The van der Waals surface area contributed by atoms with Crippen molar-refractivity contribution in [2.75, 3.05) is 5.32 Å². The molecule has 5 heteroatoms. The highest BCUT2D eigenvalue weighted by molar-refractivity contribution is 6.05. The number of aryl methyl sites for hydroxylation is 1. The van der Waals surface area contributed by atoms with Crippen LogP contribution in [0.3, 0.4) is 0 Å². The minimum Gasteiger partial charge on any atom is -0.481 e. The SMILES string of the molecule is Cc1cc(F)ccc1C(=O)Nc1cccc(CC(=O)O)c1. The van der Waals surface area contributed by atoms with Crippen LogP contribution in [0.4, 0.5) is 10.1 Å². The number of rotatable bonds is 4. The number of nitrogens with one attached hydrogen (secondary N) is 1. The Kier molecular flexibility index (Phi) is 4.33. The molecular formula is C16H14FNO3. The molecule has 108 valence electrons. The number of carboxylic acid groups (broad SMARTS) is 1. The Morgan fingerprint density at radius 2 is 1.95 bits per heavy atom. The van der Waals surface area contributed by atoms with Crippen molar-refractivity contribution in [1.29, 1.82) is 0 Å². The lowest BCUT2D eigenvalue weighted by Crippen LogP contribution is -2.13. The average molecular weight is 287 g/mol. The fourth-order valence-corrected chi connectivity index (χ4v) is 2.01. The first-order valence-corrected chi connectivity index (χ1v) is 6.34. The van der Waals surface area contributed by atoms with E-state index in [0.717, 1.165) is 0 Å². The van der Waals surface area contributed by atoms with Gasteiger partial charge in [-0.1, -0.05) is 12.1 Å². The Bertz CT molecular complexity index is 698. The Morgan fingerprint density at radius 1 is 1.19 bits per heavy atom. The van der Waals surface area contributed by atoms with Crippen molar-refractivity contribution in [3.63, 3.8) is 0 Å². The first-order valence-electron chi connectivity index (χ1n) is 6.34. The zero-order valence-corrected chi connectivity index (χ0v) is 11.4. The Hall–Kier alpha value is -2.69. The van der Waals surface area contributed by atoms with Gasteiger partial charge in [0.2, 0.25) is 0 Å². The maximum atomic E-state index is 13.0. The first-order chi connectivity index (χ1) is 9.95. The second-order valence-electron chi connectivity index (χ2n) is 4.68. The third-order valence-electron chi connectivity index (χ3n) is 2.97. The molecule has 1 amide bonds. The van der Waals surface area contributed by atoms with Crippen LogP contribution in [0.25, 0.3) is 0 Å². The Labute approximate surface area is 121 Å². The predicted octanol–water partition coefficient (Wildman–Crippen LogP) is 3.01. The van der Waals surface area contributed by atoms with E-state index >= 15 is 0 Å². The molecule has 0 bridgehead atoms. The molecule has 0 fully saturated rings. The summed E-state index contributed by atoms with van der Waals surface area (Å²) in [4.78, 5) is 22.8. The van der Waals surface area contributed by atoms with Crippen molar-refractivity contribution < 1.29 is 19.1 Å². The van der Waals surface area contributed by atoms with Crippen LogP contribution in [0.2, 0.25) is 0 Å². The van der Waals surface area contributed by atoms with Crippen LogP contribution in [0.1, 0.15) is 21.5 Å².